The molecule has 72 heavy (non-hydrogen) atoms. The van der Waals surface area contributed by atoms with E-state index in [1.165, 1.54) is 96.3 Å². The standard InChI is InChI=1S/C60H105O11P/c1-4-7-10-13-16-19-22-25-27-28-30-33-36-39-42-45-48-51-60(64)71-57(53-67-58(62)49-46-43-40-37-34-32-29-26-23-20-17-14-11-8-5-2)55-69-72(65,66)68-54-56(52-61)70-59(63)50-47-44-41-38-35-31-24-21-18-15-12-9-6-3/h7,10,16,19,21,24-25,27,30,33,39,42,56-57,61H,4-6,8-9,11-15,17-18,20,22-23,26,28-29,31-32,34-38,40-41,43-55H2,1-3H3,(H,65,66)/b10-7-,19-16-,24-21-,27-25-,33-30-,42-39-. The van der Waals surface area contributed by atoms with Gasteiger partial charge < -0.3 is 24.2 Å². The zero-order valence-corrected chi connectivity index (χ0v) is 46.8. The van der Waals surface area contributed by atoms with Gasteiger partial charge in [-0.2, -0.15) is 0 Å². The SMILES string of the molecule is CC/C=C\C/C=C\C/C=C\C/C=C\C/C=C\CCCC(=O)OC(COC(=O)CCCCCCCCCCCCCCCCC)COP(=O)(O)OCC(CO)OC(=O)CCCCCCC/C=C\CCCCCC. The van der Waals surface area contributed by atoms with Gasteiger partial charge in [0, 0.05) is 19.3 Å². The van der Waals surface area contributed by atoms with Crippen LogP contribution < -0.4 is 0 Å². The average Bonchev–Trinajstić information content (AvgIpc) is 3.37. The molecule has 0 saturated heterocycles. The van der Waals surface area contributed by atoms with Crippen molar-refractivity contribution in [1.82, 2.24) is 0 Å². The summed E-state index contributed by atoms with van der Waals surface area (Å²) in [4.78, 5) is 48.5. The fourth-order valence-electron chi connectivity index (χ4n) is 7.74. The van der Waals surface area contributed by atoms with E-state index in [2.05, 4.69) is 81.5 Å². The summed E-state index contributed by atoms with van der Waals surface area (Å²) in [7, 11) is -4.76. The van der Waals surface area contributed by atoms with Crippen LogP contribution in [-0.4, -0.2) is 66.5 Å². The van der Waals surface area contributed by atoms with E-state index in [1.54, 1.807) is 0 Å². The number of allylic oxidation sites excluding steroid dienone is 12. The van der Waals surface area contributed by atoms with E-state index in [0.29, 0.717) is 25.7 Å². The quantitative estimate of drug-likeness (QED) is 0.0197. The maximum Gasteiger partial charge on any atom is 0.472 e. The van der Waals surface area contributed by atoms with E-state index in [0.717, 1.165) is 89.9 Å². The highest BCUT2D eigenvalue weighted by Crippen LogP contribution is 2.43. The Morgan fingerprint density at radius 2 is 0.736 bits per heavy atom. The van der Waals surface area contributed by atoms with Crippen molar-refractivity contribution in [2.75, 3.05) is 26.4 Å². The summed E-state index contributed by atoms with van der Waals surface area (Å²) in [5.41, 5.74) is 0. The second-order valence-corrected chi connectivity index (χ2v) is 20.5. The molecule has 0 aromatic heterocycles. The highest BCUT2D eigenvalue weighted by Gasteiger charge is 2.28. The summed E-state index contributed by atoms with van der Waals surface area (Å²) in [6, 6.07) is 0. The summed E-state index contributed by atoms with van der Waals surface area (Å²) in [5, 5.41) is 9.80. The van der Waals surface area contributed by atoms with Crippen molar-refractivity contribution < 1.29 is 52.2 Å². The van der Waals surface area contributed by atoms with Crippen molar-refractivity contribution in [2.24, 2.45) is 0 Å². The van der Waals surface area contributed by atoms with Crippen LogP contribution in [0, 0.1) is 0 Å². The van der Waals surface area contributed by atoms with Crippen molar-refractivity contribution in [1.29, 1.82) is 0 Å². The van der Waals surface area contributed by atoms with Gasteiger partial charge >= 0.3 is 25.7 Å². The van der Waals surface area contributed by atoms with Crippen molar-refractivity contribution in [3.8, 4) is 0 Å². The minimum Gasteiger partial charge on any atom is -0.462 e. The second kappa shape index (κ2) is 54.2. The first-order chi connectivity index (χ1) is 35.2. The number of ether oxygens (including phenoxy) is 3. The number of aliphatic hydroxyl groups is 1. The molecule has 0 aliphatic carbocycles. The minimum absolute atomic E-state index is 0.0889. The Morgan fingerprint density at radius 1 is 0.403 bits per heavy atom. The molecule has 3 atom stereocenters. The zero-order chi connectivity index (χ0) is 52.7. The van der Waals surface area contributed by atoms with Crippen LogP contribution in [0.5, 0.6) is 0 Å². The molecule has 0 bridgehead atoms. The van der Waals surface area contributed by atoms with Gasteiger partial charge in [-0.05, 0) is 83.5 Å². The lowest BCUT2D eigenvalue weighted by atomic mass is 10.0. The summed E-state index contributed by atoms with van der Waals surface area (Å²) in [6.07, 6.45) is 60.1. The van der Waals surface area contributed by atoms with E-state index < -0.39 is 57.8 Å². The fraction of sp³-hybridized carbons (Fsp3) is 0.750. The minimum atomic E-state index is -4.76. The smallest absolute Gasteiger partial charge is 0.462 e. The number of aliphatic hydroxyl groups excluding tert-OH is 1. The number of carbonyl (C=O) groups excluding carboxylic acids is 3. The summed E-state index contributed by atoms with van der Waals surface area (Å²) in [6.45, 7) is 4.46. The molecule has 3 unspecified atom stereocenters. The predicted octanol–water partition coefficient (Wildman–Crippen LogP) is 16.9. The van der Waals surface area contributed by atoms with Crippen LogP contribution in [0.1, 0.15) is 252 Å². The summed E-state index contributed by atoms with van der Waals surface area (Å²) < 4.78 is 39.4. The van der Waals surface area contributed by atoms with Crippen LogP contribution >= 0.6 is 7.82 Å². The normalized spacial score (nSPS) is 13.9. The molecular weight excluding hydrogens is 928 g/mol. The Bertz CT molecular complexity index is 1490. The van der Waals surface area contributed by atoms with Gasteiger partial charge in [-0.3, -0.25) is 23.4 Å². The van der Waals surface area contributed by atoms with Gasteiger partial charge in [-0.1, -0.05) is 222 Å². The molecule has 0 spiro atoms. The number of phosphoric ester groups is 1. The molecule has 416 valence electrons. The van der Waals surface area contributed by atoms with Crippen molar-refractivity contribution >= 4 is 25.7 Å². The Balaban J connectivity index is 4.81. The first-order valence-electron chi connectivity index (χ1n) is 28.8. The van der Waals surface area contributed by atoms with E-state index in [-0.39, 0.29) is 25.9 Å². The number of carbonyl (C=O) groups is 3. The number of rotatable bonds is 53. The molecule has 0 saturated carbocycles. The molecular formula is C60H105O11P. The lowest BCUT2D eigenvalue weighted by Gasteiger charge is -2.21. The van der Waals surface area contributed by atoms with Crippen molar-refractivity contribution in [3.05, 3.63) is 72.9 Å². The summed E-state index contributed by atoms with van der Waals surface area (Å²) >= 11 is 0. The molecule has 0 aliphatic rings. The molecule has 0 rings (SSSR count). The van der Waals surface area contributed by atoms with Crippen LogP contribution in [0.25, 0.3) is 0 Å². The third kappa shape index (κ3) is 51.8. The van der Waals surface area contributed by atoms with E-state index in [1.807, 2.05) is 12.2 Å². The Kier molecular flexibility index (Phi) is 51.9. The Labute approximate surface area is 439 Å². The molecule has 12 heteroatoms. The van der Waals surface area contributed by atoms with E-state index >= 15 is 0 Å². The highest BCUT2D eigenvalue weighted by atomic mass is 31.2. The predicted molar refractivity (Wildman–Crippen MR) is 298 cm³/mol. The van der Waals surface area contributed by atoms with Gasteiger partial charge in [0.15, 0.2) is 6.10 Å². The highest BCUT2D eigenvalue weighted by molar-refractivity contribution is 7.47. The second-order valence-electron chi connectivity index (χ2n) is 19.1. The molecule has 0 radical (unpaired) electrons. The monoisotopic (exact) mass is 1030 g/mol. The van der Waals surface area contributed by atoms with Gasteiger partial charge in [-0.25, -0.2) is 4.57 Å². The molecule has 0 aromatic rings. The molecule has 0 aromatic carbocycles. The van der Waals surface area contributed by atoms with E-state index in [9.17, 15) is 28.9 Å². The number of unbranched alkanes of at least 4 members (excludes halogenated alkanes) is 24. The third-order valence-corrected chi connectivity index (χ3v) is 13.1. The number of esters is 3. The van der Waals surface area contributed by atoms with Gasteiger partial charge in [0.2, 0.25) is 0 Å². The van der Waals surface area contributed by atoms with Gasteiger partial charge in [0.1, 0.15) is 12.7 Å². The van der Waals surface area contributed by atoms with Crippen LogP contribution in [0.4, 0.5) is 0 Å². The number of hydrogen-bond donors (Lipinski definition) is 2. The van der Waals surface area contributed by atoms with Gasteiger partial charge in [-0.15, -0.1) is 0 Å². The molecule has 11 nitrogen and oxygen atoms in total. The number of hydrogen-bond acceptors (Lipinski definition) is 10. The largest absolute Gasteiger partial charge is 0.472 e. The van der Waals surface area contributed by atoms with Crippen LogP contribution in [0.2, 0.25) is 0 Å². The third-order valence-electron chi connectivity index (χ3n) is 12.1. The lowest BCUT2D eigenvalue weighted by molar-refractivity contribution is -0.161. The van der Waals surface area contributed by atoms with Crippen LogP contribution in [0.3, 0.4) is 0 Å². The summed E-state index contributed by atoms with van der Waals surface area (Å²) in [5.74, 6) is -1.54. The number of phosphoric acid groups is 1. The van der Waals surface area contributed by atoms with E-state index in [4.69, 9.17) is 23.3 Å². The molecule has 2 N–H and O–H groups in total. The first kappa shape index (κ1) is 68.9. The average molecular weight is 1030 g/mol. The maximum atomic E-state index is 12.9. The fourth-order valence-corrected chi connectivity index (χ4v) is 8.52. The molecule has 0 aliphatic heterocycles. The van der Waals surface area contributed by atoms with Crippen LogP contribution in [-0.2, 0) is 42.2 Å². The topological polar surface area (TPSA) is 155 Å². The molecule has 0 amide bonds. The zero-order valence-electron chi connectivity index (χ0n) is 45.9. The molecule has 0 fully saturated rings. The van der Waals surface area contributed by atoms with Gasteiger partial charge in [0.05, 0.1) is 19.8 Å². The van der Waals surface area contributed by atoms with Gasteiger partial charge in [0.25, 0.3) is 0 Å². The lowest BCUT2D eigenvalue weighted by Crippen LogP contribution is -2.30. The first-order valence-corrected chi connectivity index (χ1v) is 30.3. The van der Waals surface area contributed by atoms with Crippen molar-refractivity contribution in [2.45, 2.75) is 264 Å². The van der Waals surface area contributed by atoms with Crippen molar-refractivity contribution in [3.63, 3.8) is 0 Å². The Hall–Kier alpha value is -3.08. The maximum absolute atomic E-state index is 12.9. The Morgan fingerprint density at radius 3 is 1.19 bits per heavy atom. The molecule has 0 heterocycles. The van der Waals surface area contributed by atoms with Crippen LogP contribution in [0.15, 0.2) is 72.9 Å².